The summed E-state index contributed by atoms with van der Waals surface area (Å²) in [6.07, 6.45) is -4.18. The van der Waals surface area contributed by atoms with E-state index in [9.17, 15) is 30.8 Å². The molecular weight excluding hydrogens is 366 g/mol. The molecule has 0 saturated carbocycles. The van der Waals surface area contributed by atoms with Gasteiger partial charge in [0.15, 0.2) is 0 Å². The molecular formula is C11H14ClF4N3O3S. The molecule has 1 rings (SSSR count). The van der Waals surface area contributed by atoms with Crippen LogP contribution < -0.4 is 15.8 Å². The zero-order valence-corrected chi connectivity index (χ0v) is 13.1. The second-order valence-electron chi connectivity index (χ2n) is 4.09. The molecule has 0 aliphatic rings. The van der Waals surface area contributed by atoms with Crippen LogP contribution in [0.15, 0.2) is 29.2 Å². The minimum Gasteiger partial charge on any atom is -0.329 e. The van der Waals surface area contributed by atoms with Gasteiger partial charge in [-0.25, -0.2) is 21.9 Å². The van der Waals surface area contributed by atoms with Gasteiger partial charge in [-0.3, -0.25) is 4.79 Å². The van der Waals surface area contributed by atoms with Crippen LogP contribution in [0.2, 0.25) is 0 Å². The molecule has 1 aromatic carbocycles. The largest absolute Gasteiger partial charge is 0.383 e. The second-order valence-corrected chi connectivity index (χ2v) is 5.86. The fourth-order valence-electron chi connectivity index (χ4n) is 1.33. The van der Waals surface area contributed by atoms with E-state index in [-0.39, 0.29) is 36.1 Å². The van der Waals surface area contributed by atoms with E-state index in [1.54, 1.807) is 5.32 Å². The molecule has 0 bridgehead atoms. The van der Waals surface area contributed by atoms with Crippen LogP contribution in [0.25, 0.3) is 0 Å². The summed E-state index contributed by atoms with van der Waals surface area (Å²) in [7, 11) is -3.95. The molecule has 1 aromatic rings. The van der Waals surface area contributed by atoms with Gasteiger partial charge in [-0.1, -0.05) is 6.07 Å². The van der Waals surface area contributed by atoms with Crippen molar-refractivity contribution in [3.05, 3.63) is 24.3 Å². The molecule has 12 heteroatoms. The Kier molecular flexibility index (Phi) is 7.91. The zero-order valence-electron chi connectivity index (χ0n) is 11.4. The van der Waals surface area contributed by atoms with Crippen LogP contribution in [-0.2, 0) is 14.8 Å². The second kappa shape index (κ2) is 8.43. The van der Waals surface area contributed by atoms with Gasteiger partial charge in [-0.15, -0.1) is 12.4 Å². The van der Waals surface area contributed by atoms with E-state index in [0.29, 0.717) is 0 Å². The molecule has 0 aliphatic carbocycles. The van der Waals surface area contributed by atoms with Crippen molar-refractivity contribution in [1.29, 1.82) is 0 Å². The number of anilines is 1. The van der Waals surface area contributed by atoms with Crippen LogP contribution in [-0.4, -0.2) is 39.8 Å². The van der Waals surface area contributed by atoms with Crippen LogP contribution >= 0.6 is 12.4 Å². The molecule has 132 valence electrons. The first-order valence-electron chi connectivity index (χ1n) is 5.88. The normalized spacial score (nSPS) is 11.9. The van der Waals surface area contributed by atoms with E-state index in [2.05, 4.69) is 4.72 Å². The van der Waals surface area contributed by atoms with Gasteiger partial charge in [-0.05, 0) is 18.2 Å². The highest BCUT2D eigenvalue weighted by Gasteiger charge is 2.48. The molecule has 6 nitrogen and oxygen atoms in total. The first-order valence-corrected chi connectivity index (χ1v) is 7.37. The highest BCUT2D eigenvalue weighted by Crippen LogP contribution is 2.25. The summed E-state index contributed by atoms with van der Waals surface area (Å²) in [6, 6.07) is 4.24. The molecule has 1 amide bonds. The van der Waals surface area contributed by atoms with Gasteiger partial charge < -0.3 is 11.1 Å². The summed E-state index contributed by atoms with van der Waals surface area (Å²) in [4.78, 5) is 10.8. The summed E-state index contributed by atoms with van der Waals surface area (Å²) >= 11 is 0. The summed E-state index contributed by atoms with van der Waals surface area (Å²) in [5.41, 5.74) is 4.79. The smallest absolute Gasteiger partial charge is 0.329 e. The Morgan fingerprint density at radius 1 is 1.30 bits per heavy atom. The van der Waals surface area contributed by atoms with Crippen molar-refractivity contribution in [2.45, 2.75) is 17.2 Å². The van der Waals surface area contributed by atoms with Crippen LogP contribution in [0.1, 0.15) is 0 Å². The molecule has 4 N–H and O–H groups in total. The molecule has 0 radical (unpaired) electrons. The number of benzene rings is 1. The SMILES string of the molecule is Cl.NCCNS(=O)(=O)c1cccc(NC(=O)C(F)(F)C(F)F)c1. The fourth-order valence-corrected chi connectivity index (χ4v) is 2.42. The predicted octanol–water partition coefficient (Wildman–Crippen LogP) is 1.18. The van der Waals surface area contributed by atoms with Crippen molar-refractivity contribution < 1.29 is 30.8 Å². The van der Waals surface area contributed by atoms with Gasteiger partial charge in [0, 0.05) is 18.8 Å². The van der Waals surface area contributed by atoms with Gasteiger partial charge in [0.25, 0.3) is 0 Å². The van der Waals surface area contributed by atoms with Gasteiger partial charge in [-0.2, -0.15) is 8.78 Å². The topological polar surface area (TPSA) is 101 Å². The van der Waals surface area contributed by atoms with Gasteiger partial charge >= 0.3 is 18.3 Å². The number of alkyl halides is 4. The Balaban J connectivity index is 0.00000484. The third-order valence-corrected chi connectivity index (χ3v) is 3.87. The first kappa shape index (κ1) is 21.6. The van der Waals surface area contributed by atoms with Gasteiger partial charge in [0.1, 0.15) is 0 Å². The highest BCUT2D eigenvalue weighted by molar-refractivity contribution is 7.89. The summed E-state index contributed by atoms with van der Waals surface area (Å²) in [5, 5.41) is 1.55. The number of carbonyl (C=O) groups excluding carboxylic acids is 1. The first-order chi connectivity index (χ1) is 10.1. The lowest BCUT2D eigenvalue weighted by molar-refractivity contribution is -0.163. The molecule has 0 fully saturated rings. The van der Waals surface area contributed by atoms with Crippen molar-refractivity contribution in [2.75, 3.05) is 18.4 Å². The minimum absolute atomic E-state index is 0. The number of amides is 1. The third-order valence-electron chi connectivity index (χ3n) is 2.42. The quantitative estimate of drug-likeness (QED) is 0.619. The summed E-state index contributed by atoms with van der Waals surface area (Å²) in [5.74, 6) is -7.11. The van der Waals surface area contributed by atoms with Crippen molar-refractivity contribution >= 4 is 34.0 Å². The van der Waals surface area contributed by atoms with Gasteiger partial charge in [0.05, 0.1) is 4.90 Å². The highest BCUT2D eigenvalue weighted by atomic mass is 35.5. The van der Waals surface area contributed by atoms with Crippen molar-refractivity contribution in [3.63, 3.8) is 0 Å². The van der Waals surface area contributed by atoms with Crippen molar-refractivity contribution in [2.24, 2.45) is 5.73 Å². The van der Waals surface area contributed by atoms with Crippen LogP contribution in [0.5, 0.6) is 0 Å². The van der Waals surface area contributed by atoms with Gasteiger partial charge in [0.2, 0.25) is 10.0 Å². The number of halogens is 5. The van der Waals surface area contributed by atoms with E-state index < -0.39 is 28.3 Å². The van der Waals surface area contributed by atoms with E-state index in [1.165, 1.54) is 0 Å². The predicted molar refractivity (Wildman–Crippen MR) is 77.5 cm³/mol. The van der Waals surface area contributed by atoms with E-state index in [0.717, 1.165) is 24.3 Å². The number of hydrogen-bond acceptors (Lipinski definition) is 4. The maximum atomic E-state index is 12.8. The van der Waals surface area contributed by atoms with Crippen LogP contribution in [0.4, 0.5) is 23.2 Å². The fraction of sp³-hybridized carbons (Fsp3) is 0.364. The standard InChI is InChI=1S/C11H13F4N3O3S.ClH/c12-9(13)11(14,15)10(19)18-7-2-1-3-8(6-7)22(20,21)17-5-4-16;/h1-3,6,9,17H,4-5,16H2,(H,18,19);1H. The molecule has 0 heterocycles. The number of rotatable bonds is 7. The summed E-state index contributed by atoms with van der Waals surface area (Å²) in [6.45, 7) is -0.0152. The minimum atomic E-state index is -4.88. The van der Waals surface area contributed by atoms with Crippen molar-refractivity contribution in [3.8, 4) is 0 Å². The average molecular weight is 380 g/mol. The Labute approximate surface area is 135 Å². The number of nitrogens with one attached hydrogen (secondary N) is 2. The Hall–Kier alpha value is -1.43. The number of carbonyl (C=O) groups is 1. The Morgan fingerprint density at radius 3 is 2.43 bits per heavy atom. The lowest BCUT2D eigenvalue weighted by atomic mass is 10.3. The molecule has 0 spiro atoms. The third kappa shape index (κ3) is 5.61. The van der Waals surface area contributed by atoms with E-state index in [1.807, 2.05) is 0 Å². The lowest BCUT2D eigenvalue weighted by Gasteiger charge is -2.15. The van der Waals surface area contributed by atoms with E-state index in [4.69, 9.17) is 5.73 Å². The van der Waals surface area contributed by atoms with Crippen molar-refractivity contribution in [1.82, 2.24) is 4.72 Å². The Morgan fingerprint density at radius 2 is 1.91 bits per heavy atom. The number of hydrogen-bond donors (Lipinski definition) is 3. The molecule has 0 unspecified atom stereocenters. The number of sulfonamides is 1. The van der Waals surface area contributed by atoms with E-state index >= 15 is 0 Å². The van der Waals surface area contributed by atoms with Crippen LogP contribution in [0, 0.1) is 0 Å². The molecule has 0 atom stereocenters. The molecule has 0 aliphatic heterocycles. The molecule has 0 aromatic heterocycles. The molecule has 23 heavy (non-hydrogen) atoms. The van der Waals surface area contributed by atoms with Crippen LogP contribution in [0.3, 0.4) is 0 Å². The Bertz CT molecular complexity index is 643. The zero-order chi connectivity index (χ0) is 17.0. The number of nitrogens with two attached hydrogens (primary N) is 1. The monoisotopic (exact) mass is 379 g/mol. The average Bonchev–Trinajstić information content (AvgIpc) is 2.45. The lowest BCUT2D eigenvalue weighted by Crippen LogP contribution is -2.41. The maximum absolute atomic E-state index is 12.8. The maximum Gasteiger partial charge on any atom is 0.383 e. The summed E-state index contributed by atoms with van der Waals surface area (Å²) < 4.78 is 75.4. The molecule has 0 saturated heterocycles.